The van der Waals surface area contributed by atoms with E-state index in [4.69, 9.17) is 0 Å². The van der Waals surface area contributed by atoms with E-state index in [1.165, 1.54) is 18.4 Å². The first kappa shape index (κ1) is 13.6. The van der Waals surface area contributed by atoms with E-state index in [1.54, 1.807) is 0 Å². The largest absolute Gasteiger partial charge is 0.387 e. The Morgan fingerprint density at radius 3 is 2.44 bits per heavy atom. The van der Waals surface area contributed by atoms with Gasteiger partial charge in [-0.1, -0.05) is 38.1 Å². The highest BCUT2D eigenvalue weighted by Crippen LogP contribution is 2.27. The molecule has 2 rings (SSSR count). The van der Waals surface area contributed by atoms with Crippen LogP contribution in [-0.2, 0) is 6.42 Å². The summed E-state index contributed by atoms with van der Waals surface area (Å²) in [5.74, 6) is 1.55. The molecule has 1 aromatic rings. The highest BCUT2D eigenvalue weighted by atomic mass is 16.3. The highest BCUT2D eigenvalue weighted by Gasteiger charge is 2.20. The van der Waals surface area contributed by atoms with Gasteiger partial charge in [0, 0.05) is 6.54 Å². The Kier molecular flexibility index (Phi) is 4.79. The molecule has 0 spiro atoms. The molecule has 1 atom stereocenters. The lowest BCUT2D eigenvalue weighted by molar-refractivity contribution is 0.174. The zero-order valence-corrected chi connectivity index (χ0v) is 11.5. The molecule has 1 aliphatic carbocycles. The maximum atomic E-state index is 10.1. The number of hydrogen-bond acceptors (Lipinski definition) is 2. The standard InChI is InChI=1S/C16H25NO/c1-12(2)9-13-5-7-15(8-6-13)16(18)11-17-10-14-3-4-14/h5-8,12,14,16-18H,3-4,9-11H2,1-2H3. The lowest BCUT2D eigenvalue weighted by Crippen LogP contribution is -2.23. The van der Waals surface area contributed by atoms with Crippen molar-refractivity contribution in [3.05, 3.63) is 35.4 Å². The van der Waals surface area contributed by atoms with Crippen LogP contribution in [0.5, 0.6) is 0 Å². The smallest absolute Gasteiger partial charge is 0.0914 e. The third-order valence-corrected chi connectivity index (χ3v) is 3.48. The second kappa shape index (κ2) is 6.35. The molecule has 1 fully saturated rings. The SMILES string of the molecule is CC(C)Cc1ccc(C(O)CNCC2CC2)cc1. The topological polar surface area (TPSA) is 32.3 Å². The van der Waals surface area contributed by atoms with E-state index >= 15 is 0 Å². The van der Waals surface area contributed by atoms with Crippen molar-refractivity contribution in [1.82, 2.24) is 5.32 Å². The first-order valence-corrected chi connectivity index (χ1v) is 7.12. The maximum absolute atomic E-state index is 10.1. The molecule has 0 amide bonds. The lowest BCUT2D eigenvalue weighted by atomic mass is 10.0. The maximum Gasteiger partial charge on any atom is 0.0914 e. The van der Waals surface area contributed by atoms with Crippen LogP contribution in [-0.4, -0.2) is 18.2 Å². The summed E-state index contributed by atoms with van der Waals surface area (Å²) in [6.07, 6.45) is 3.44. The van der Waals surface area contributed by atoms with Crippen LogP contribution in [0.1, 0.15) is 43.9 Å². The van der Waals surface area contributed by atoms with Crippen molar-refractivity contribution in [1.29, 1.82) is 0 Å². The van der Waals surface area contributed by atoms with Gasteiger partial charge in [-0.15, -0.1) is 0 Å². The fourth-order valence-electron chi connectivity index (χ4n) is 2.21. The average Bonchev–Trinajstić information content (AvgIpc) is 3.13. The van der Waals surface area contributed by atoms with E-state index in [2.05, 4.69) is 43.4 Å². The van der Waals surface area contributed by atoms with Crippen molar-refractivity contribution in [3.63, 3.8) is 0 Å². The fourth-order valence-corrected chi connectivity index (χ4v) is 2.21. The molecule has 1 saturated carbocycles. The van der Waals surface area contributed by atoms with Crippen molar-refractivity contribution in [2.24, 2.45) is 11.8 Å². The van der Waals surface area contributed by atoms with Gasteiger partial charge in [-0.25, -0.2) is 0 Å². The number of benzene rings is 1. The quantitative estimate of drug-likeness (QED) is 0.776. The molecule has 0 heterocycles. The Balaban J connectivity index is 1.79. The predicted octanol–water partition coefficient (Wildman–Crippen LogP) is 2.92. The van der Waals surface area contributed by atoms with Crippen LogP contribution in [0.2, 0.25) is 0 Å². The van der Waals surface area contributed by atoms with Crippen molar-refractivity contribution < 1.29 is 5.11 Å². The van der Waals surface area contributed by atoms with E-state index in [0.29, 0.717) is 12.5 Å². The van der Waals surface area contributed by atoms with Crippen molar-refractivity contribution >= 4 is 0 Å². The summed E-state index contributed by atoms with van der Waals surface area (Å²) in [5.41, 5.74) is 2.37. The summed E-state index contributed by atoms with van der Waals surface area (Å²) in [6, 6.07) is 8.39. The minimum Gasteiger partial charge on any atom is -0.387 e. The summed E-state index contributed by atoms with van der Waals surface area (Å²) in [5, 5.41) is 13.4. The number of hydrogen-bond donors (Lipinski definition) is 2. The summed E-state index contributed by atoms with van der Waals surface area (Å²) in [4.78, 5) is 0. The Morgan fingerprint density at radius 1 is 1.22 bits per heavy atom. The van der Waals surface area contributed by atoms with Crippen LogP contribution < -0.4 is 5.32 Å². The fraction of sp³-hybridized carbons (Fsp3) is 0.625. The van der Waals surface area contributed by atoms with Gasteiger partial charge in [-0.05, 0) is 48.8 Å². The Hall–Kier alpha value is -0.860. The zero-order valence-electron chi connectivity index (χ0n) is 11.5. The van der Waals surface area contributed by atoms with Gasteiger partial charge in [-0.3, -0.25) is 0 Å². The molecule has 1 aromatic carbocycles. The Morgan fingerprint density at radius 2 is 1.89 bits per heavy atom. The first-order chi connectivity index (χ1) is 8.65. The van der Waals surface area contributed by atoms with Gasteiger partial charge in [0.25, 0.3) is 0 Å². The molecule has 2 heteroatoms. The molecule has 100 valence electrons. The molecule has 18 heavy (non-hydrogen) atoms. The van der Waals surface area contributed by atoms with Crippen molar-refractivity contribution in [3.8, 4) is 0 Å². The van der Waals surface area contributed by atoms with E-state index in [9.17, 15) is 5.11 Å². The summed E-state index contributed by atoms with van der Waals surface area (Å²) >= 11 is 0. The molecule has 0 saturated heterocycles. The molecular weight excluding hydrogens is 222 g/mol. The van der Waals surface area contributed by atoms with Gasteiger partial charge in [0.1, 0.15) is 0 Å². The second-order valence-electron chi connectivity index (χ2n) is 5.96. The van der Waals surface area contributed by atoms with Crippen LogP contribution in [0, 0.1) is 11.8 Å². The predicted molar refractivity (Wildman–Crippen MR) is 75.5 cm³/mol. The van der Waals surface area contributed by atoms with E-state index in [1.807, 2.05) is 0 Å². The first-order valence-electron chi connectivity index (χ1n) is 7.12. The lowest BCUT2D eigenvalue weighted by Gasteiger charge is -2.13. The minimum atomic E-state index is -0.378. The molecule has 2 nitrogen and oxygen atoms in total. The van der Waals surface area contributed by atoms with Gasteiger partial charge in [0.15, 0.2) is 0 Å². The number of aliphatic hydroxyl groups is 1. The third-order valence-electron chi connectivity index (χ3n) is 3.48. The van der Waals surface area contributed by atoms with Crippen molar-refractivity contribution in [2.45, 2.75) is 39.2 Å². The van der Waals surface area contributed by atoms with Crippen molar-refractivity contribution in [2.75, 3.05) is 13.1 Å². The molecule has 0 aliphatic heterocycles. The second-order valence-corrected chi connectivity index (χ2v) is 5.96. The van der Waals surface area contributed by atoms with Gasteiger partial charge in [-0.2, -0.15) is 0 Å². The molecule has 1 aliphatic rings. The zero-order chi connectivity index (χ0) is 13.0. The van der Waals surface area contributed by atoms with Crippen LogP contribution in [0.25, 0.3) is 0 Å². The van der Waals surface area contributed by atoms with E-state index in [-0.39, 0.29) is 6.10 Å². The Labute approximate surface area is 110 Å². The Bertz CT molecular complexity index is 354. The van der Waals surface area contributed by atoms with Gasteiger partial charge in [0.2, 0.25) is 0 Å². The monoisotopic (exact) mass is 247 g/mol. The summed E-state index contributed by atoms with van der Waals surface area (Å²) in [6.45, 7) is 6.18. The minimum absolute atomic E-state index is 0.378. The van der Waals surface area contributed by atoms with Crippen LogP contribution in [0.3, 0.4) is 0 Å². The number of nitrogens with one attached hydrogen (secondary N) is 1. The molecule has 0 aromatic heterocycles. The molecular formula is C16H25NO. The van der Waals surface area contributed by atoms with E-state index < -0.39 is 0 Å². The molecule has 1 unspecified atom stereocenters. The number of aliphatic hydroxyl groups excluding tert-OH is 1. The number of rotatable bonds is 7. The summed E-state index contributed by atoms with van der Waals surface area (Å²) in [7, 11) is 0. The van der Waals surface area contributed by atoms with Crippen LogP contribution >= 0.6 is 0 Å². The van der Waals surface area contributed by atoms with Gasteiger partial charge >= 0.3 is 0 Å². The van der Waals surface area contributed by atoms with Gasteiger partial charge < -0.3 is 10.4 Å². The van der Waals surface area contributed by atoms with Crippen LogP contribution in [0.15, 0.2) is 24.3 Å². The molecule has 0 radical (unpaired) electrons. The highest BCUT2D eigenvalue weighted by molar-refractivity contribution is 5.24. The summed E-state index contributed by atoms with van der Waals surface area (Å²) < 4.78 is 0. The van der Waals surface area contributed by atoms with E-state index in [0.717, 1.165) is 24.4 Å². The molecule has 0 bridgehead atoms. The normalized spacial score (nSPS) is 17.1. The third kappa shape index (κ3) is 4.43. The van der Waals surface area contributed by atoms with Gasteiger partial charge in [0.05, 0.1) is 6.10 Å². The average molecular weight is 247 g/mol. The van der Waals surface area contributed by atoms with Crippen LogP contribution in [0.4, 0.5) is 0 Å². The molecule has 2 N–H and O–H groups in total.